The lowest BCUT2D eigenvalue weighted by Gasteiger charge is -2.39. The van der Waals surface area contributed by atoms with Gasteiger partial charge in [0.25, 0.3) is 0 Å². The molecule has 1 aliphatic carbocycles. The van der Waals surface area contributed by atoms with Crippen molar-refractivity contribution < 1.29 is 0 Å². The summed E-state index contributed by atoms with van der Waals surface area (Å²) in [6.07, 6.45) is 8.20. The molecule has 0 amide bonds. The first-order chi connectivity index (χ1) is 8.45. The summed E-state index contributed by atoms with van der Waals surface area (Å²) >= 11 is 0. The number of hydrogen-bond acceptors (Lipinski definition) is 2. The SMILES string of the molecule is CCC(C)(C)C1CCC(NCCCN(C)C)CC1. The molecule has 0 aromatic heterocycles. The lowest BCUT2D eigenvalue weighted by Crippen LogP contribution is -2.37. The summed E-state index contributed by atoms with van der Waals surface area (Å²) in [6.45, 7) is 9.62. The van der Waals surface area contributed by atoms with E-state index in [1.807, 2.05) is 0 Å². The molecule has 0 radical (unpaired) electrons. The van der Waals surface area contributed by atoms with Crippen LogP contribution >= 0.6 is 0 Å². The molecule has 1 rings (SSSR count). The number of nitrogens with zero attached hydrogens (tertiary/aromatic N) is 1. The van der Waals surface area contributed by atoms with Gasteiger partial charge in [0, 0.05) is 6.04 Å². The Hall–Kier alpha value is -0.0800. The molecule has 0 heterocycles. The topological polar surface area (TPSA) is 15.3 Å². The molecule has 1 saturated carbocycles. The Bertz CT molecular complexity index is 215. The molecule has 1 fully saturated rings. The highest BCUT2D eigenvalue weighted by Crippen LogP contribution is 2.40. The molecule has 2 heteroatoms. The van der Waals surface area contributed by atoms with Crippen molar-refractivity contribution in [1.29, 1.82) is 0 Å². The van der Waals surface area contributed by atoms with E-state index in [4.69, 9.17) is 0 Å². The molecular weight excluding hydrogens is 220 g/mol. The molecule has 0 unspecified atom stereocenters. The zero-order valence-electron chi connectivity index (χ0n) is 13.3. The fraction of sp³-hybridized carbons (Fsp3) is 1.00. The first-order valence-electron chi connectivity index (χ1n) is 7.84. The van der Waals surface area contributed by atoms with Gasteiger partial charge >= 0.3 is 0 Å². The summed E-state index contributed by atoms with van der Waals surface area (Å²) in [4.78, 5) is 2.27. The molecule has 1 aliphatic rings. The Morgan fingerprint density at radius 3 is 2.22 bits per heavy atom. The van der Waals surface area contributed by atoms with E-state index in [2.05, 4.69) is 45.1 Å². The van der Waals surface area contributed by atoms with Crippen molar-refractivity contribution in [2.24, 2.45) is 11.3 Å². The smallest absolute Gasteiger partial charge is 0.00672 e. The summed E-state index contributed by atoms with van der Waals surface area (Å²) in [5.41, 5.74) is 0.551. The van der Waals surface area contributed by atoms with E-state index < -0.39 is 0 Å². The van der Waals surface area contributed by atoms with Gasteiger partial charge in [-0.3, -0.25) is 0 Å². The van der Waals surface area contributed by atoms with Gasteiger partial charge in [-0.25, -0.2) is 0 Å². The van der Waals surface area contributed by atoms with Crippen LogP contribution in [-0.2, 0) is 0 Å². The maximum Gasteiger partial charge on any atom is 0.00672 e. The average Bonchev–Trinajstić information content (AvgIpc) is 2.35. The maximum atomic E-state index is 3.74. The van der Waals surface area contributed by atoms with Crippen LogP contribution < -0.4 is 5.32 Å². The number of nitrogens with one attached hydrogen (secondary N) is 1. The third kappa shape index (κ3) is 5.27. The summed E-state index contributed by atoms with van der Waals surface area (Å²) in [6, 6.07) is 0.788. The summed E-state index contributed by atoms with van der Waals surface area (Å²) < 4.78 is 0. The van der Waals surface area contributed by atoms with Gasteiger partial charge in [0.1, 0.15) is 0 Å². The maximum absolute atomic E-state index is 3.74. The van der Waals surface area contributed by atoms with Crippen LogP contribution in [0.4, 0.5) is 0 Å². The van der Waals surface area contributed by atoms with Gasteiger partial charge in [0.2, 0.25) is 0 Å². The van der Waals surface area contributed by atoms with Crippen molar-refractivity contribution in [2.75, 3.05) is 27.2 Å². The van der Waals surface area contributed by atoms with Crippen LogP contribution in [-0.4, -0.2) is 38.1 Å². The minimum absolute atomic E-state index is 0.551. The van der Waals surface area contributed by atoms with Crippen LogP contribution in [0.1, 0.15) is 59.3 Å². The molecule has 0 saturated heterocycles. The molecule has 0 spiro atoms. The minimum atomic E-state index is 0.551. The average molecular weight is 254 g/mol. The van der Waals surface area contributed by atoms with Crippen molar-refractivity contribution in [3.63, 3.8) is 0 Å². The standard InChI is InChI=1S/C16H34N2/c1-6-16(2,3)14-8-10-15(11-9-14)17-12-7-13-18(4)5/h14-15,17H,6-13H2,1-5H3. The van der Waals surface area contributed by atoms with E-state index in [0.29, 0.717) is 5.41 Å². The lowest BCUT2D eigenvalue weighted by atomic mass is 9.69. The van der Waals surface area contributed by atoms with Crippen molar-refractivity contribution in [3.8, 4) is 0 Å². The summed E-state index contributed by atoms with van der Waals surface area (Å²) in [5.74, 6) is 0.947. The molecular formula is C16H34N2. The molecule has 2 nitrogen and oxygen atoms in total. The van der Waals surface area contributed by atoms with E-state index in [1.54, 1.807) is 0 Å². The quantitative estimate of drug-likeness (QED) is 0.699. The van der Waals surface area contributed by atoms with Crippen molar-refractivity contribution >= 4 is 0 Å². The first-order valence-corrected chi connectivity index (χ1v) is 7.84. The molecule has 18 heavy (non-hydrogen) atoms. The van der Waals surface area contributed by atoms with E-state index in [1.165, 1.54) is 51.6 Å². The molecule has 0 aromatic rings. The molecule has 0 aromatic carbocycles. The third-order valence-corrected chi connectivity index (χ3v) is 4.96. The van der Waals surface area contributed by atoms with Crippen molar-refractivity contribution in [3.05, 3.63) is 0 Å². The Morgan fingerprint density at radius 2 is 1.72 bits per heavy atom. The van der Waals surface area contributed by atoms with Crippen molar-refractivity contribution in [1.82, 2.24) is 10.2 Å². The zero-order valence-corrected chi connectivity index (χ0v) is 13.3. The molecule has 0 aliphatic heterocycles. The lowest BCUT2D eigenvalue weighted by molar-refractivity contribution is 0.137. The predicted molar refractivity (Wildman–Crippen MR) is 81.0 cm³/mol. The van der Waals surface area contributed by atoms with E-state index in [-0.39, 0.29) is 0 Å². The van der Waals surface area contributed by atoms with Gasteiger partial charge in [-0.15, -0.1) is 0 Å². The monoisotopic (exact) mass is 254 g/mol. The van der Waals surface area contributed by atoms with Crippen LogP contribution in [0.15, 0.2) is 0 Å². The molecule has 1 N–H and O–H groups in total. The van der Waals surface area contributed by atoms with Crippen LogP contribution in [0.5, 0.6) is 0 Å². The Kier molecular flexibility index (Phi) is 6.65. The summed E-state index contributed by atoms with van der Waals surface area (Å²) in [7, 11) is 4.30. The van der Waals surface area contributed by atoms with Gasteiger partial charge in [0.05, 0.1) is 0 Å². The van der Waals surface area contributed by atoms with Crippen LogP contribution in [0.3, 0.4) is 0 Å². The molecule has 108 valence electrons. The predicted octanol–water partition coefficient (Wildman–Crippen LogP) is 3.52. The Labute approximate surface area is 115 Å². The Balaban J connectivity index is 2.16. The van der Waals surface area contributed by atoms with Gasteiger partial charge < -0.3 is 10.2 Å². The van der Waals surface area contributed by atoms with Gasteiger partial charge in [-0.2, -0.15) is 0 Å². The van der Waals surface area contributed by atoms with Gasteiger partial charge in [0.15, 0.2) is 0 Å². The number of rotatable bonds is 7. The third-order valence-electron chi connectivity index (χ3n) is 4.96. The van der Waals surface area contributed by atoms with Crippen LogP contribution in [0, 0.1) is 11.3 Å². The zero-order chi connectivity index (χ0) is 13.6. The normalized spacial score (nSPS) is 25.7. The second kappa shape index (κ2) is 7.49. The van der Waals surface area contributed by atoms with Crippen LogP contribution in [0.2, 0.25) is 0 Å². The second-order valence-electron chi connectivity index (χ2n) is 7.00. The fourth-order valence-electron chi connectivity index (χ4n) is 3.07. The highest BCUT2D eigenvalue weighted by molar-refractivity contribution is 4.84. The van der Waals surface area contributed by atoms with E-state index in [9.17, 15) is 0 Å². The van der Waals surface area contributed by atoms with E-state index in [0.717, 1.165) is 12.0 Å². The fourth-order valence-corrected chi connectivity index (χ4v) is 3.07. The molecule has 0 bridgehead atoms. The molecule has 0 atom stereocenters. The minimum Gasteiger partial charge on any atom is -0.314 e. The largest absolute Gasteiger partial charge is 0.314 e. The summed E-state index contributed by atoms with van der Waals surface area (Å²) in [5, 5.41) is 3.74. The van der Waals surface area contributed by atoms with Crippen LogP contribution in [0.25, 0.3) is 0 Å². The van der Waals surface area contributed by atoms with E-state index >= 15 is 0 Å². The van der Waals surface area contributed by atoms with Crippen molar-refractivity contribution in [2.45, 2.75) is 65.3 Å². The Morgan fingerprint density at radius 1 is 1.11 bits per heavy atom. The number of hydrogen-bond donors (Lipinski definition) is 1. The highest BCUT2D eigenvalue weighted by atomic mass is 15.1. The van der Waals surface area contributed by atoms with Gasteiger partial charge in [-0.05, 0) is 70.6 Å². The second-order valence-corrected chi connectivity index (χ2v) is 7.00. The first kappa shape index (κ1) is 16.0. The highest BCUT2D eigenvalue weighted by Gasteiger charge is 2.31. The van der Waals surface area contributed by atoms with Gasteiger partial charge in [-0.1, -0.05) is 27.2 Å².